The van der Waals surface area contributed by atoms with Gasteiger partial charge in [0, 0.05) is 39.4 Å². The number of ether oxygens (including phenoxy) is 1. The Morgan fingerprint density at radius 2 is 2.03 bits per heavy atom. The predicted octanol–water partition coefficient (Wildman–Crippen LogP) is 1.71. The summed E-state index contributed by atoms with van der Waals surface area (Å²) >= 11 is 0. The van der Waals surface area contributed by atoms with Gasteiger partial charge >= 0.3 is 0 Å². The number of pyridine rings is 1. The van der Waals surface area contributed by atoms with Crippen LogP contribution in [0.4, 0.5) is 0 Å². The molecule has 1 saturated heterocycles. The molecule has 4 rings (SSSR count). The summed E-state index contributed by atoms with van der Waals surface area (Å²) in [7, 11) is 0. The van der Waals surface area contributed by atoms with Gasteiger partial charge in [0.1, 0.15) is 5.56 Å². The lowest BCUT2D eigenvalue weighted by atomic mass is 9.95. The van der Waals surface area contributed by atoms with Crippen molar-refractivity contribution in [1.29, 1.82) is 0 Å². The Hall–Kier alpha value is -2.93. The van der Waals surface area contributed by atoms with Crippen molar-refractivity contribution < 1.29 is 14.3 Å². The second-order valence-electron chi connectivity index (χ2n) is 7.96. The molecule has 158 valence electrons. The zero-order chi connectivity index (χ0) is 21.1. The number of fused-ring (bicyclic) bond motifs is 1. The first-order chi connectivity index (χ1) is 14.5. The largest absolute Gasteiger partial charge is 0.376 e. The molecule has 0 saturated carbocycles. The smallest absolute Gasteiger partial charge is 0.264 e. The molecule has 0 aliphatic carbocycles. The van der Waals surface area contributed by atoms with Crippen LogP contribution in [0.3, 0.4) is 0 Å². The van der Waals surface area contributed by atoms with Gasteiger partial charge in [0.05, 0.1) is 12.6 Å². The molecule has 0 radical (unpaired) electrons. The molecule has 1 unspecified atom stereocenters. The van der Waals surface area contributed by atoms with Gasteiger partial charge in [-0.1, -0.05) is 30.3 Å². The summed E-state index contributed by atoms with van der Waals surface area (Å²) in [6, 6.07) is 9.67. The van der Waals surface area contributed by atoms with Crippen molar-refractivity contribution in [2.45, 2.75) is 45.4 Å². The molecule has 0 spiro atoms. The monoisotopic (exact) mass is 409 g/mol. The number of rotatable bonds is 5. The van der Waals surface area contributed by atoms with E-state index in [0.717, 1.165) is 29.5 Å². The third-order valence-electron chi connectivity index (χ3n) is 5.85. The van der Waals surface area contributed by atoms with Crippen LogP contribution in [0.15, 0.2) is 41.3 Å². The summed E-state index contributed by atoms with van der Waals surface area (Å²) in [5, 5.41) is 2.90. The Bertz CT molecular complexity index is 993. The number of nitrogens with zero attached hydrogens (tertiary/aromatic N) is 2. The van der Waals surface area contributed by atoms with Gasteiger partial charge in [0.15, 0.2) is 0 Å². The zero-order valence-electron chi connectivity index (χ0n) is 17.2. The van der Waals surface area contributed by atoms with Gasteiger partial charge < -0.3 is 19.5 Å². The lowest BCUT2D eigenvalue weighted by Crippen LogP contribution is -2.42. The molecule has 30 heavy (non-hydrogen) atoms. The van der Waals surface area contributed by atoms with Gasteiger partial charge in [0.25, 0.3) is 11.5 Å². The van der Waals surface area contributed by atoms with Gasteiger partial charge in [0.2, 0.25) is 5.91 Å². The Kier molecular flexibility index (Phi) is 5.99. The molecule has 3 heterocycles. The van der Waals surface area contributed by atoms with E-state index >= 15 is 0 Å². The second kappa shape index (κ2) is 8.83. The molecule has 2 amide bonds. The van der Waals surface area contributed by atoms with Crippen LogP contribution in [0.25, 0.3) is 0 Å². The van der Waals surface area contributed by atoms with Crippen LogP contribution in [0.2, 0.25) is 0 Å². The van der Waals surface area contributed by atoms with Gasteiger partial charge in [-0.3, -0.25) is 14.4 Å². The normalized spacial score (nSPS) is 18.2. The maximum Gasteiger partial charge on any atom is 0.264 e. The number of carbonyl (C=O) groups is 2. The second-order valence-corrected chi connectivity index (χ2v) is 7.96. The number of hydrogen-bond acceptors (Lipinski definition) is 4. The molecule has 2 aromatic rings. The Labute approximate surface area is 175 Å². The molecule has 1 aromatic carbocycles. The van der Waals surface area contributed by atoms with Crippen molar-refractivity contribution in [3.05, 3.63) is 69.1 Å². The molecule has 7 heteroatoms. The van der Waals surface area contributed by atoms with E-state index in [1.165, 1.54) is 0 Å². The van der Waals surface area contributed by atoms with Crippen LogP contribution in [0, 0.1) is 0 Å². The summed E-state index contributed by atoms with van der Waals surface area (Å²) in [6.07, 6.45) is 4.22. The Balaban J connectivity index is 1.68. The van der Waals surface area contributed by atoms with E-state index in [1.54, 1.807) is 22.6 Å². The molecule has 7 nitrogen and oxygen atoms in total. The Morgan fingerprint density at radius 3 is 2.73 bits per heavy atom. The SMILES string of the molecule is CC(=O)N1CCc2c(cn(Cc3ccccc3)c(=O)c2C(=O)NCC2CCCO2)C1. The lowest BCUT2D eigenvalue weighted by Gasteiger charge is -2.29. The molecule has 1 fully saturated rings. The highest BCUT2D eigenvalue weighted by atomic mass is 16.5. The van der Waals surface area contributed by atoms with Crippen molar-refractivity contribution >= 4 is 11.8 Å². The standard InChI is InChI=1S/C23H27N3O4/c1-16(27)25-10-9-20-18(14-25)15-26(13-17-6-3-2-4-7-17)23(29)21(20)22(28)24-12-19-8-5-11-30-19/h2-4,6-7,15,19H,5,8-14H2,1H3,(H,24,28). The van der Waals surface area contributed by atoms with Gasteiger partial charge in [-0.2, -0.15) is 0 Å². The highest BCUT2D eigenvalue weighted by Gasteiger charge is 2.27. The van der Waals surface area contributed by atoms with Crippen molar-refractivity contribution in [2.24, 2.45) is 0 Å². The predicted molar refractivity (Wildman–Crippen MR) is 112 cm³/mol. The highest BCUT2D eigenvalue weighted by Crippen LogP contribution is 2.21. The van der Waals surface area contributed by atoms with E-state index in [1.807, 2.05) is 30.3 Å². The molecule has 1 atom stereocenters. The van der Waals surface area contributed by atoms with Crippen LogP contribution in [0.5, 0.6) is 0 Å². The number of amides is 2. The summed E-state index contributed by atoms with van der Waals surface area (Å²) < 4.78 is 7.17. The van der Waals surface area contributed by atoms with E-state index in [0.29, 0.717) is 39.2 Å². The first-order valence-electron chi connectivity index (χ1n) is 10.5. The van der Waals surface area contributed by atoms with E-state index in [9.17, 15) is 14.4 Å². The van der Waals surface area contributed by atoms with E-state index in [2.05, 4.69) is 5.32 Å². The molecular weight excluding hydrogens is 382 g/mol. The fraction of sp³-hybridized carbons (Fsp3) is 0.435. The highest BCUT2D eigenvalue weighted by molar-refractivity contribution is 5.95. The lowest BCUT2D eigenvalue weighted by molar-refractivity contribution is -0.129. The minimum absolute atomic E-state index is 0.00763. The zero-order valence-corrected chi connectivity index (χ0v) is 17.2. The minimum atomic E-state index is -0.356. The average Bonchev–Trinajstić information content (AvgIpc) is 3.27. The third kappa shape index (κ3) is 4.31. The van der Waals surface area contributed by atoms with E-state index in [4.69, 9.17) is 4.74 Å². The molecule has 2 aliphatic rings. The Morgan fingerprint density at radius 1 is 1.23 bits per heavy atom. The van der Waals surface area contributed by atoms with Crippen molar-refractivity contribution in [1.82, 2.24) is 14.8 Å². The van der Waals surface area contributed by atoms with Gasteiger partial charge in [-0.05, 0) is 36.0 Å². The van der Waals surface area contributed by atoms with E-state index in [-0.39, 0.29) is 29.0 Å². The summed E-state index contributed by atoms with van der Waals surface area (Å²) in [4.78, 5) is 40.0. The van der Waals surface area contributed by atoms with Crippen molar-refractivity contribution in [3.8, 4) is 0 Å². The fourth-order valence-corrected chi connectivity index (χ4v) is 4.21. The van der Waals surface area contributed by atoms with Crippen LogP contribution < -0.4 is 10.9 Å². The van der Waals surface area contributed by atoms with Crippen LogP contribution in [0.1, 0.15) is 46.8 Å². The number of nitrogens with one attached hydrogen (secondary N) is 1. The molecular formula is C23H27N3O4. The summed E-state index contributed by atoms with van der Waals surface area (Å²) in [5.74, 6) is -0.365. The van der Waals surface area contributed by atoms with Gasteiger partial charge in [-0.25, -0.2) is 0 Å². The molecule has 0 bridgehead atoms. The fourth-order valence-electron chi connectivity index (χ4n) is 4.21. The number of carbonyl (C=O) groups excluding carboxylic acids is 2. The maximum atomic E-state index is 13.3. The average molecular weight is 409 g/mol. The van der Waals surface area contributed by atoms with Crippen LogP contribution in [-0.4, -0.2) is 47.1 Å². The number of hydrogen-bond donors (Lipinski definition) is 1. The van der Waals surface area contributed by atoms with Crippen LogP contribution >= 0.6 is 0 Å². The van der Waals surface area contributed by atoms with Crippen LogP contribution in [-0.2, 0) is 29.0 Å². The number of aromatic nitrogens is 1. The quantitative estimate of drug-likeness (QED) is 0.815. The van der Waals surface area contributed by atoms with E-state index < -0.39 is 0 Å². The summed E-state index contributed by atoms with van der Waals surface area (Å²) in [6.45, 7) is 3.95. The minimum Gasteiger partial charge on any atom is -0.376 e. The molecule has 1 N–H and O–H groups in total. The topological polar surface area (TPSA) is 80.6 Å². The molecule has 2 aliphatic heterocycles. The first kappa shape index (κ1) is 20.3. The van der Waals surface area contributed by atoms with Crippen molar-refractivity contribution in [2.75, 3.05) is 19.7 Å². The van der Waals surface area contributed by atoms with Gasteiger partial charge in [-0.15, -0.1) is 0 Å². The third-order valence-corrected chi connectivity index (χ3v) is 5.85. The molecule has 1 aromatic heterocycles. The summed E-state index contributed by atoms with van der Waals surface area (Å²) in [5.41, 5.74) is 2.49. The maximum absolute atomic E-state index is 13.3. The first-order valence-corrected chi connectivity index (χ1v) is 10.5. The number of benzene rings is 1. The van der Waals surface area contributed by atoms with Crippen molar-refractivity contribution in [3.63, 3.8) is 0 Å².